The molecule has 2 aromatic carbocycles. The van der Waals surface area contributed by atoms with E-state index in [0.717, 1.165) is 59.2 Å². The van der Waals surface area contributed by atoms with Gasteiger partial charge in [-0.3, -0.25) is 4.79 Å². The van der Waals surface area contributed by atoms with Gasteiger partial charge >= 0.3 is 0 Å². The summed E-state index contributed by atoms with van der Waals surface area (Å²) in [5.74, 6) is 0.864. The Morgan fingerprint density at radius 2 is 1.86 bits per heavy atom. The minimum atomic E-state index is -0.242. The number of aromatic nitrogens is 1. The molecular weight excluding hydrogens is 430 g/mol. The number of ether oxygens (including phenoxy) is 1. The first kappa shape index (κ1) is 19.5. The molecule has 0 spiro atoms. The van der Waals surface area contributed by atoms with Crippen LogP contribution in [0.15, 0.2) is 57.8 Å². The molecule has 0 saturated carbocycles. The second-order valence-corrected chi connectivity index (χ2v) is 8.24. The van der Waals surface area contributed by atoms with Crippen LogP contribution in [0, 0.1) is 11.3 Å². The number of nitriles is 1. The summed E-state index contributed by atoms with van der Waals surface area (Å²) in [6, 6.07) is 17.8. The van der Waals surface area contributed by atoms with Gasteiger partial charge < -0.3 is 14.2 Å². The van der Waals surface area contributed by atoms with E-state index in [0.29, 0.717) is 0 Å². The number of pyridine rings is 1. The predicted molar refractivity (Wildman–Crippen MR) is 119 cm³/mol. The molecule has 0 unspecified atom stereocenters. The van der Waals surface area contributed by atoms with Gasteiger partial charge in [0, 0.05) is 36.4 Å². The van der Waals surface area contributed by atoms with E-state index in [2.05, 4.69) is 26.9 Å². The minimum absolute atomic E-state index is 0.115. The van der Waals surface area contributed by atoms with E-state index in [1.165, 1.54) is 0 Å². The first-order valence-corrected chi connectivity index (χ1v) is 10.6. The number of nitrogens with zero attached hydrogens (tertiary/aromatic N) is 3. The number of aryl methyl sites for hydroxylation is 1. The lowest BCUT2D eigenvalue weighted by Gasteiger charge is -2.26. The standard InChI is InChI=1S/C23H22BrN3O2/c1-26-21-7-3-2-6-19(21)22(20(15-25)23(26)28)27-13-4-5-17(12-14-27)29-18-10-8-16(24)9-11-18/h2-3,6-11,17H,4-5,12-14H2,1H3/t17-/m1/s1. The SMILES string of the molecule is Cn1c(=O)c(C#N)c(N2CCC[C@@H](Oc3ccc(Br)cc3)CC2)c2ccccc21. The van der Waals surface area contributed by atoms with Crippen molar-refractivity contribution in [1.29, 1.82) is 5.26 Å². The van der Waals surface area contributed by atoms with Gasteiger partial charge in [0.2, 0.25) is 0 Å². The summed E-state index contributed by atoms with van der Waals surface area (Å²) < 4.78 is 8.77. The minimum Gasteiger partial charge on any atom is -0.490 e. The normalized spacial score (nSPS) is 17.0. The lowest BCUT2D eigenvalue weighted by atomic mass is 10.1. The zero-order valence-electron chi connectivity index (χ0n) is 16.3. The maximum Gasteiger partial charge on any atom is 0.270 e. The zero-order valence-corrected chi connectivity index (χ0v) is 17.9. The van der Waals surface area contributed by atoms with E-state index in [9.17, 15) is 10.1 Å². The lowest BCUT2D eigenvalue weighted by molar-refractivity contribution is 0.188. The molecule has 0 bridgehead atoms. The van der Waals surface area contributed by atoms with E-state index >= 15 is 0 Å². The van der Waals surface area contributed by atoms with Crippen molar-refractivity contribution < 1.29 is 4.74 Å². The van der Waals surface area contributed by atoms with E-state index in [4.69, 9.17) is 4.74 Å². The fourth-order valence-corrected chi connectivity index (χ4v) is 4.29. The van der Waals surface area contributed by atoms with Gasteiger partial charge in [-0.25, -0.2) is 0 Å². The Hall–Kier alpha value is -2.78. The third-order valence-corrected chi connectivity index (χ3v) is 6.02. The molecule has 1 aliphatic heterocycles. The van der Waals surface area contributed by atoms with Gasteiger partial charge in [0.15, 0.2) is 0 Å². The number of benzene rings is 2. The molecule has 0 amide bonds. The quantitative estimate of drug-likeness (QED) is 0.583. The summed E-state index contributed by atoms with van der Waals surface area (Å²) in [5.41, 5.74) is 1.58. The Labute approximate surface area is 178 Å². The van der Waals surface area contributed by atoms with Gasteiger partial charge in [0.1, 0.15) is 23.5 Å². The molecule has 3 aromatic rings. The average molecular weight is 452 g/mol. The molecule has 1 saturated heterocycles. The van der Waals surface area contributed by atoms with Crippen molar-refractivity contribution in [3.63, 3.8) is 0 Å². The monoisotopic (exact) mass is 451 g/mol. The van der Waals surface area contributed by atoms with Gasteiger partial charge in [0.05, 0.1) is 11.2 Å². The molecule has 6 heteroatoms. The van der Waals surface area contributed by atoms with Gasteiger partial charge in [-0.15, -0.1) is 0 Å². The Morgan fingerprint density at radius 1 is 1.10 bits per heavy atom. The van der Waals surface area contributed by atoms with Crippen molar-refractivity contribution >= 4 is 32.5 Å². The van der Waals surface area contributed by atoms with Crippen molar-refractivity contribution in [2.24, 2.45) is 7.05 Å². The molecule has 29 heavy (non-hydrogen) atoms. The number of anilines is 1. The van der Waals surface area contributed by atoms with E-state index in [1.807, 2.05) is 48.5 Å². The second-order valence-electron chi connectivity index (χ2n) is 7.33. The largest absolute Gasteiger partial charge is 0.490 e. The van der Waals surface area contributed by atoms with Crippen LogP contribution in [-0.4, -0.2) is 23.8 Å². The number of para-hydroxylation sites is 1. The predicted octanol–water partition coefficient (Wildman–Crippen LogP) is 4.61. The third kappa shape index (κ3) is 3.88. The van der Waals surface area contributed by atoms with Gasteiger partial charge in [-0.05, 0) is 43.2 Å². The Bertz CT molecular complexity index is 1130. The lowest BCUT2D eigenvalue weighted by Crippen LogP contribution is -2.30. The van der Waals surface area contributed by atoms with Crippen LogP contribution in [0.3, 0.4) is 0 Å². The molecule has 1 atom stereocenters. The number of hydrogen-bond donors (Lipinski definition) is 0. The maximum atomic E-state index is 12.8. The molecule has 4 rings (SSSR count). The highest BCUT2D eigenvalue weighted by atomic mass is 79.9. The van der Waals surface area contributed by atoms with Gasteiger partial charge in [0.25, 0.3) is 5.56 Å². The van der Waals surface area contributed by atoms with E-state index in [-0.39, 0.29) is 17.2 Å². The van der Waals surface area contributed by atoms with Crippen LogP contribution in [-0.2, 0) is 7.05 Å². The number of fused-ring (bicyclic) bond motifs is 1. The smallest absolute Gasteiger partial charge is 0.270 e. The Morgan fingerprint density at radius 3 is 2.62 bits per heavy atom. The summed E-state index contributed by atoms with van der Waals surface area (Å²) in [4.78, 5) is 15.0. The fourth-order valence-electron chi connectivity index (χ4n) is 4.02. The van der Waals surface area contributed by atoms with E-state index in [1.54, 1.807) is 11.6 Å². The van der Waals surface area contributed by atoms with Crippen LogP contribution in [0.2, 0.25) is 0 Å². The summed E-state index contributed by atoms with van der Waals surface area (Å²) in [6.07, 6.45) is 2.83. The molecule has 148 valence electrons. The third-order valence-electron chi connectivity index (χ3n) is 5.50. The zero-order chi connectivity index (χ0) is 20.4. The second kappa shape index (κ2) is 8.30. The van der Waals surface area contributed by atoms with E-state index < -0.39 is 0 Å². The number of hydrogen-bond acceptors (Lipinski definition) is 4. The molecule has 1 fully saturated rings. The molecule has 1 aliphatic rings. The number of halogens is 1. The van der Waals surface area contributed by atoms with Gasteiger partial charge in [-0.1, -0.05) is 34.1 Å². The summed E-state index contributed by atoms with van der Waals surface area (Å²) >= 11 is 3.45. The van der Waals surface area contributed by atoms with Crippen molar-refractivity contribution in [3.8, 4) is 11.8 Å². The Kier molecular flexibility index (Phi) is 5.59. The van der Waals surface area contributed by atoms with Crippen LogP contribution in [0.5, 0.6) is 5.75 Å². The Balaban J connectivity index is 1.64. The topological polar surface area (TPSA) is 58.3 Å². The van der Waals surface area contributed by atoms with Crippen molar-refractivity contribution in [2.75, 3.05) is 18.0 Å². The first-order chi connectivity index (χ1) is 14.1. The molecule has 5 nitrogen and oxygen atoms in total. The van der Waals surface area contributed by atoms with Crippen LogP contribution in [0.25, 0.3) is 10.9 Å². The summed E-state index contributed by atoms with van der Waals surface area (Å²) in [7, 11) is 1.72. The van der Waals surface area contributed by atoms with Crippen LogP contribution in [0.1, 0.15) is 24.8 Å². The first-order valence-electron chi connectivity index (χ1n) is 9.77. The highest BCUT2D eigenvalue weighted by Crippen LogP contribution is 2.31. The highest BCUT2D eigenvalue weighted by Gasteiger charge is 2.24. The highest BCUT2D eigenvalue weighted by molar-refractivity contribution is 9.10. The molecule has 0 aliphatic carbocycles. The van der Waals surface area contributed by atoms with Crippen molar-refractivity contribution in [1.82, 2.24) is 4.57 Å². The molecule has 1 aromatic heterocycles. The molecular formula is C23H22BrN3O2. The van der Waals surface area contributed by atoms with Crippen molar-refractivity contribution in [3.05, 3.63) is 68.9 Å². The maximum absolute atomic E-state index is 12.8. The average Bonchev–Trinajstić information content (AvgIpc) is 2.97. The van der Waals surface area contributed by atoms with Gasteiger partial charge in [-0.2, -0.15) is 5.26 Å². The van der Waals surface area contributed by atoms with Crippen LogP contribution < -0.4 is 15.2 Å². The molecule has 0 radical (unpaired) electrons. The molecule has 0 N–H and O–H groups in total. The van der Waals surface area contributed by atoms with Crippen molar-refractivity contribution in [2.45, 2.75) is 25.4 Å². The summed E-state index contributed by atoms with van der Waals surface area (Å²) in [6.45, 7) is 1.54. The van der Waals surface area contributed by atoms with Crippen LogP contribution in [0.4, 0.5) is 5.69 Å². The fraction of sp³-hybridized carbons (Fsp3) is 0.304. The summed E-state index contributed by atoms with van der Waals surface area (Å²) in [5, 5.41) is 10.7. The number of rotatable bonds is 3. The van der Waals surface area contributed by atoms with Crippen LogP contribution >= 0.6 is 15.9 Å². The molecule has 2 heterocycles.